The molecule has 0 aliphatic heterocycles. The molecule has 0 radical (unpaired) electrons. The summed E-state index contributed by atoms with van der Waals surface area (Å²) in [5.41, 5.74) is 2.72. The number of hydrogen-bond donors (Lipinski definition) is 1. The molecule has 0 aromatic carbocycles. The second-order valence-electron chi connectivity index (χ2n) is 6.98. The van der Waals surface area contributed by atoms with Crippen molar-refractivity contribution >= 4 is 32.7 Å². The molecule has 0 amide bonds. The largest absolute Gasteiger partial charge is 0.386 e. The standard InChI is InChI=1S/C18H15F2N5OS/c1-25-8-10-4-9(7-21-15(10)24-25)12-2-3-13-16(22-12)23-17(27-13)14(26)11-5-18(19,20)6-11/h2-4,7-8,11,14,26H,5-6H2,1H3/t14-/m0/s1. The van der Waals surface area contributed by atoms with E-state index in [9.17, 15) is 13.9 Å². The van der Waals surface area contributed by atoms with Crippen LogP contribution >= 0.6 is 11.3 Å². The third-order valence-electron chi connectivity index (χ3n) is 4.86. The number of aliphatic hydroxyl groups excluding tert-OH is 1. The molecule has 4 heterocycles. The SMILES string of the molecule is Cn1cc2cc(-c3ccc4sc([C@@H](O)C5CC(F)(F)C5)nc4n3)cnc2n1. The van der Waals surface area contributed by atoms with Crippen molar-refractivity contribution in [1.82, 2.24) is 24.7 Å². The molecule has 1 atom stereocenters. The number of halogens is 2. The molecular formula is C18H15F2N5OS. The van der Waals surface area contributed by atoms with E-state index in [1.807, 2.05) is 31.4 Å². The topological polar surface area (TPSA) is 76.7 Å². The predicted octanol–water partition coefficient (Wildman–Crippen LogP) is 3.72. The van der Waals surface area contributed by atoms with Gasteiger partial charge in [-0.3, -0.25) is 4.68 Å². The first-order chi connectivity index (χ1) is 12.9. The molecule has 1 saturated carbocycles. The lowest BCUT2D eigenvalue weighted by molar-refractivity contribution is -0.142. The van der Waals surface area contributed by atoms with Crippen LogP contribution in [0, 0.1) is 5.92 Å². The van der Waals surface area contributed by atoms with Crippen molar-refractivity contribution in [2.45, 2.75) is 24.9 Å². The Morgan fingerprint density at radius 2 is 2.07 bits per heavy atom. The minimum atomic E-state index is -2.66. The minimum absolute atomic E-state index is 0.292. The molecule has 4 aromatic heterocycles. The Bertz CT molecular complexity index is 1160. The Balaban J connectivity index is 1.47. The van der Waals surface area contributed by atoms with Gasteiger partial charge in [0.05, 0.1) is 10.4 Å². The average Bonchev–Trinajstić information content (AvgIpc) is 3.19. The predicted molar refractivity (Wildman–Crippen MR) is 97.5 cm³/mol. The van der Waals surface area contributed by atoms with Gasteiger partial charge in [0.2, 0.25) is 5.92 Å². The molecule has 1 aliphatic rings. The molecular weight excluding hydrogens is 372 g/mol. The quantitative estimate of drug-likeness (QED) is 0.580. The van der Waals surface area contributed by atoms with Crippen LogP contribution < -0.4 is 0 Å². The fraction of sp³-hybridized carbons (Fsp3) is 0.333. The van der Waals surface area contributed by atoms with Gasteiger partial charge in [0.25, 0.3) is 0 Å². The van der Waals surface area contributed by atoms with E-state index in [1.165, 1.54) is 11.3 Å². The van der Waals surface area contributed by atoms with Crippen LogP contribution in [0.4, 0.5) is 8.78 Å². The Labute approximate surface area is 156 Å². The Morgan fingerprint density at radius 1 is 1.26 bits per heavy atom. The molecule has 5 rings (SSSR count). The van der Waals surface area contributed by atoms with Crippen molar-refractivity contribution in [3.63, 3.8) is 0 Å². The maximum absolute atomic E-state index is 13.1. The van der Waals surface area contributed by atoms with Gasteiger partial charge in [0.15, 0.2) is 11.3 Å². The van der Waals surface area contributed by atoms with Gasteiger partial charge in [-0.1, -0.05) is 0 Å². The van der Waals surface area contributed by atoms with Gasteiger partial charge in [0.1, 0.15) is 11.1 Å². The van der Waals surface area contributed by atoms with Crippen molar-refractivity contribution < 1.29 is 13.9 Å². The van der Waals surface area contributed by atoms with Crippen molar-refractivity contribution in [2.24, 2.45) is 13.0 Å². The van der Waals surface area contributed by atoms with Crippen LogP contribution in [0.5, 0.6) is 0 Å². The average molecular weight is 387 g/mol. The van der Waals surface area contributed by atoms with E-state index in [4.69, 9.17) is 0 Å². The number of aryl methyl sites for hydroxylation is 1. The number of nitrogens with zero attached hydrogens (tertiary/aromatic N) is 5. The zero-order valence-electron chi connectivity index (χ0n) is 14.3. The van der Waals surface area contributed by atoms with Gasteiger partial charge < -0.3 is 5.11 Å². The molecule has 1 aliphatic carbocycles. The zero-order chi connectivity index (χ0) is 18.8. The van der Waals surface area contributed by atoms with Crippen molar-refractivity contribution in [1.29, 1.82) is 0 Å². The van der Waals surface area contributed by atoms with Crippen LogP contribution in [-0.4, -0.2) is 35.8 Å². The highest BCUT2D eigenvalue weighted by atomic mass is 32.1. The third kappa shape index (κ3) is 2.87. The first kappa shape index (κ1) is 16.6. The number of fused-ring (bicyclic) bond motifs is 2. The molecule has 1 N–H and O–H groups in total. The van der Waals surface area contributed by atoms with E-state index in [0.29, 0.717) is 22.0 Å². The normalized spacial score (nSPS) is 18.1. The van der Waals surface area contributed by atoms with Crippen LogP contribution in [-0.2, 0) is 7.05 Å². The van der Waals surface area contributed by atoms with Gasteiger partial charge in [-0.25, -0.2) is 23.7 Å². The summed E-state index contributed by atoms with van der Waals surface area (Å²) in [4.78, 5) is 13.3. The van der Waals surface area contributed by atoms with E-state index in [1.54, 1.807) is 10.9 Å². The van der Waals surface area contributed by atoms with Crippen molar-refractivity contribution in [3.8, 4) is 11.3 Å². The lowest BCUT2D eigenvalue weighted by Crippen LogP contribution is -2.38. The zero-order valence-corrected chi connectivity index (χ0v) is 15.1. The highest BCUT2D eigenvalue weighted by Gasteiger charge is 2.49. The lowest BCUT2D eigenvalue weighted by atomic mass is 9.78. The minimum Gasteiger partial charge on any atom is -0.386 e. The molecule has 0 unspecified atom stereocenters. The highest BCUT2D eigenvalue weighted by molar-refractivity contribution is 7.18. The summed E-state index contributed by atoms with van der Waals surface area (Å²) in [5.74, 6) is -3.11. The smallest absolute Gasteiger partial charge is 0.248 e. The second-order valence-corrected chi connectivity index (χ2v) is 8.04. The summed E-state index contributed by atoms with van der Waals surface area (Å²) in [6, 6.07) is 5.71. The number of rotatable bonds is 3. The number of pyridine rings is 2. The summed E-state index contributed by atoms with van der Waals surface area (Å²) in [6.45, 7) is 0. The Morgan fingerprint density at radius 3 is 2.85 bits per heavy atom. The molecule has 1 fully saturated rings. The lowest BCUT2D eigenvalue weighted by Gasteiger charge is -2.37. The molecule has 0 spiro atoms. The summed E-state index contributed by atoms with van der Waals surface area (Å²) in [7, 11) is 1.84. The molecule has 27 heavy (non-hydrogen) atoms. The number of aromatic nitrogens is 5. The number of thiazole rings is 1. The highest BCUT2D eigenvalue weighted by Crippen LogP contribution is 2.49. The molecule has 0 saturated heterocycles. The molecule has 0 bridgehead atoms. The fourth-order valence-corrected chi connectivity index (χ4v) is 4.42. The Hall–Kier alpha value is -2.52. The maximum Gasteiger partial charge on any atom is 0.248 e. The van der Waals surface area contributed by atoms with Gasteiger partial charge >= 0.3 is 0 Å². The van der Waals surface area contributed by atoms with Crippen LogP contribution in [0.1, 0.15) is 24.0 Å². The van der Waals surface area contributed by atoms with E-state index in [-0.39, 0.29) is 12.8 Å². The molecule has 4 aromatic rings. The maximum atomic E-state index is 13.1. The Kier molecular flexibility index (Phi) is 3.54. The summed E-state index contributed by atoms with van der Waals surface area (Å²) >= 11 is 1.30. The fourth-order valence-electron chi connectivity index (χ4n) is 3.43. The molecule has 138 valence electrons. The van der Waals surface area contributed by atoms with E-state index in [2.05, 4.69) is 20.1 Å². The first-order valence-corrected chi connectivity index (χ1v) is 9.33. The van der Waals surface area contributed by atoms with Crippen molar-refractivity contribution in [2.75, 3.05) is 0 Å². The summed E-state index contributed by atoms with van der Waals surface area (Å²) in [5, 5.41) is 16.0. The van der Waals surface area contributed by atoms with Gasteiger partial charge in [-0.15, -0.1) is 11.3 Å². The number of hydrogen-bond acceptors (Lipinski definition) is 6. The van der Waals surface area contributed by atoms with Gasteiger partial charge in [0, 0.05) is 49.2 Å². The van der Waals surface area contributed by atoms with E-state index >= 15 is 0 Å². The van der Waals surface area contributed by atoms with Crippen LogP contribution in [0.3, 0.4) is 0 Å². The van der Waals surface area contributed by atoms with Crippen LogP contribution in [0.25, 0.3) is 32.6 Å². The second kappa shape index (κ2) is 5.74. The number of alkyl halides is 2. The molecule has 9 heteroatoms. The number of aliphatic hydroxyl groups is 1. The summed E-state index contributed by atoms with van der Waals surface area (Å²) < 4.78 is 28.7. The monoisotopic (exact) mass is 387 g/mol. The van der Waals surface area contributed by atoms with Crippen molar-refractivity contribution in [3.05, 3.63) is 35.6 Å². The van der Waals surface area contributed by atoms with Gasteiger partial charge in [-0.05, 0) is 18.2 Å². The van der Waals surface area contributed by atoms with E-state index < -0.39 is 17.9 Å². The summed E-state index contributed by atoms with van der Waals surface area (Å²) in [6.07, 6.45) is 2.04. The van der Waals surface area contributed by atoms with E-state index in [0.717, 1.165) is 15.6 Å². The first-order valence-electron chi connectivity index (χ1n) is 8.51. The third-order valence-corrected chi connectivity index (χ3v) is 5.94. The van der Waals surface area contributed by atoms with Crippen LogP contribution in [0.15, 0.2) is 30.6 Å². The molecule has 6 nitrogen and oxygen atoms in total. The van der Waals surface area contributed by atoms with Gasteiger partial charge in [-0.2, -0.15) is 5.10 Å². The van der Waals surface area contributed by atoms with Crippen LogP contribution in [0.2, 0.25) is 0 Å².